The molecule has 0 aliphatic rings. The van der Waals surface area contributed by atoms with Crippen LogP contribution in [-0.2, 0) is 19.8 Å². The highest BCUT2D eigenvalue weighted by molar-refractivity contribution is 5.82. The molecule has 0 saturated heterocycles. The van der Waals surface area contributed by atoms with E-state index in [1.165, 1.54) is 7.11 Å². The molecule has 1 N–H and O–H groups in total. The predicted molar refractivity (Wildman–Crippen MR) is 79.5 cm³/mol. The van der Waals surface area contributed by atoms with Crippen molar-refractivity contribution in [2.45, 2.75) is 32.2 Å². The SMILES string of the molecule is CCCNC(COCCC)(C(=O)OC)c1ccccc1. The van der Waals surface area contributed by atoms with Crippen LogP contribution >= 0.6 is 0 Å². The average Bonchev–Trinajstić information content (AvgIpc) is 2.51. The maximum atomic E-state index is 12.4. The van der Waals surface area contributed by atoms with Crippen LogP contribution in [0.1, 0.15) is 32.3 Å². The summed E-state index contributed by atoms with van der Waals surface area (Å²) in [6.45, 7) is 5.73. The van der Waals surface area contributed by atoms with Crippen LogP contribution in [0.15, 0.2) is 30.3 Å². The molecule has 20 heavy (non-hydrogen) atoms. The fourth-order valence-corrected chi connectivity index (χ4v) is 2.09. The van der Waals surface area contributed by atoms with E-state index in [-0.39, 0.29) is 12.6 Å². The fraction of sp³-hybridized carbons (Fsp3) is 0.562. The number of carbonyl (C=O) groups excluding carboxylic acids is 1. The van der Waals surface area contributed by atoms with E-state index in [9.17, 15) is 4.79 Å². The topological polar surface area (TPSA) is 47.6 Å². The Hall–Kier alpha value is -1.39. The second-order valence-corrected chi connectivity index (χ2v) is 4.74. The molecule has 1 unspecified atom stereocenters. The molecule has 4 nitrogen and oxygen atoms in total. The van der Waals surface area contributed by atoms with E-state index in [1.54, 1.807) is 0 Å². The second kappa shape index (κ2) is 8.72. The summed E-state index contributed by atoms with van der Waals surface area (Å²) < 4.78 is 10.7. The highest BCUT2D eigenvalue weighted by Crippen LogP contribution is 2.24. The largest absolute Gasteiger partial charge is 0.467 e. The van der Waals surface area contributed by atoms with Gasteiger partial charge in [-0.2, -0.15) is 0 Å². The number of benzene rings is 1. The number of nitrogens with one attached hydrogen (secondary N) is 1. The van der Waals surface area contributed by atoms with Gasteiger partial charge in [0.25, 0.3) is 0 Å². The molecule has 0 radical (unpaired) electrons. The standard InChI is InChI=1S/C16H25NO3/c1-4-11-17-16(15(18)19-3,13-20-12-5-2)14-9-7-6-8-10-14/h6-10,17H,4-5,11-13H2,1-3H3. The summed E-state index contributed by atoms with van der Waals surface area (Å²) in [5.41, 5.74) is -0.0577. The summed E-state index contributed by atoms with van der Waals surface area (Å²) >= 11 is 0. The van der Waals surface area contributed by atoms with Crippen molar-refractivity contribution in [2.75, 3.05) is 26.9 Å². The molecular weight excluding hydrogens is 254 g/mol. The van der Waals surface area contributed by atoms with Gasteiger partial charge in [0.05, 0.1) is 13.7 Å². The van der Waals surface area contributed by atoms with Gasteiger partial charge in [-0.1, -0.05) is 44.2 Å². The molecular formula is C16H25NO3. The van der Waals surface area contributed by atoms with Crippen molar-refractivity contribution in [1.29, 1.82) is 0 Å². The lowest BCUT2D eigenvalue weighted by molar-refractivity contribution is -0.152. The molecule has 1 atom stereocenters. The number of methoxy groups -OCH3 is 1. The Morgan fingerprint density at radius 3 is 2.45 bits per heavy atom. The minimum Gasteiger partial charge on any atom is -0.467 e. The van der Waals surface area contributed by atoms with Gasteiger partial charge < -0.3 is 9.47 Å². The third-order valence-corrected chi connectivity index (χ3v) is 3.14. The van der Waals surface area contributed by atoms with E-state index in [0.29, 0.717) is 6.61 Å². The van der Waals surface area contributed by atoms with Gasteiger partial charge in [0.15, 0.2) is 5.54 Å². The molecule has 0 heterocycles. The van der Waals surface area contributed by atoms with Crippen LogP contribution in [0.4, 0.5) is 0 Å². The number of hydrogen-bond acceptors (Lipinski definition) is 4. The maximum absolute atomic E-state index is 12.4. The molecule has 1 rings (SSSR count). The Balaban J connectivity index is 3.07. The van der Waals surface area contributed by atoms with Crippen LogP contribution in [0.3, 0.4) is 0 Å². The zero-order chi connectivity index (χ0) is 14.8. The Labute approximate surface area is 121 Å². The smallest absolute Gasteiger partial charge is 0.333 e. The molecule has 0 aliphatic carbocycles. The van der Waals surface area contributed by atoms with Crippen molar-refractivity contribution in [2.24, 2.45) is 0 Å². The summed E-state index contributed by atoms with van der Waals surface area (Å²) in [7, 11) is 1.41. The molecule has 0 bridgehead atoms. The van der Waals surface area contributed by atoms with Gasteiger partial charge in [-0.3, -0.25) is 5.32 Å². The molecule has 0 spiro atoms. The van der Waals surface area contributed by atoms with Gasteiger partial charge in [-0.05, 0) is 24.9 Å². The van der Waals surface area contributed by atoms with Gasteiger partial charge >= 0.3 is 5.97 Å². The molecule has 0 saturated carbocycles. The summed E-state index contributed by atoms with van der Waals surface area (Å²) in [4.78, 5) is 12.4. The first-order valence-electron chi connectivity index (χ1n) is 7.18. The number of carbonyl (C=O) groups is 1. The second-order valence-electron chi connectivity index (χ2n) is 4.74. The van der Waals surface area contributed by atoms with Gasteiger partial charge in [-0.25, -0.2) is 4.79 Å². The number of ether oxygens (including phenoxy) is 2. The summed E-state index contributed by atoms with van der Waals surface area (Å²) in [6, 6.07) is 9.61. The first kappa shape index (κ1) is 16.7. The van der Waals surface area contributed by atoms with Crippen molar-refractivity contribution < 1.29 is 14.3 Å². The van der Waals surface area contributed by atoms with Crippen LogP contribution in [0.2, 0.25) is 0 Å². The monoisotopic (exact) mass is 279 g/mol. The van der Waals surface area contributed by atoms with E-state index in [2.05, 4.69) is 12.2 Å². The summed E-state index contributed by atoms with van der Waals surface area (Å²) in [6.07, 6.45) is 1.85. The Morgan fingerprint density at radius 1 is 1.20 bits per heavy atom. The molecule has 112 valence electrons. The number of hydrogen-bond donors (Lipinski definition) is 1. The molecule has 0 fully saturated rings. The van der Waals surface area contributed by atoms with E-state index < -0.39 is 5.54 Å². The third kappa shape index (κ3) is 4.05. The normalized spacial score (nSPS) is 13.8. The van der Waals surface area contributed by atoms with Gasteiger partial charge in [0, 0.05) is 6.61 Å². The van der Waals surface area contributed by atoms with Crippen molar-refractivity contribution >= 4 is 5.97 Å². The highest BCUT2D eigenvalue weighted by Gasteiger charge is 2.41. The summed E-state index contributed by atoms with van der Waals surface area (Å²) in [5.74, 6) is -0.312. The lowest BCUT2D eigenvalue weighted by Gasteiger charge is -2.32. The van der Waals surface area contributed by atoms with Gasteiger partial charge in [-0.15, -0.1) is 0 Å². The summed E-state index contributed by atoms with van der Waals surface area (Å²) in [5, 5.41) is 3.31. The first-order valence-corrected chi connectivity index (χ1v) is 7.18. The fourth-order valence-electron chi connectivity index (χ4n) is 2.09. The first-order chi connectivity index (χ1) is 9.71. The van der Waals surface area contributed by atoms with Gasteiger partial charge in [0.2, 0.25) is 0 Å². The minimum atomic E-state index is -0.929. The zero-order valence-corrected chi connectivity index (χ0v) is 12.6. The Bertz CT molecular complexity index is 394. The van der Waals surface area contributed by atoms with E-state index in [0.717, 1.165) is 24.9 Å². The van der Waals surface area contributed by atoms with Crippen LogP contribution < -0.4 is 5.32 Å². The molecule has 0 aliphatic heterocycles. The third-order valence-electron chi connectivity index (χ3n) is 3.14. The minimum absolute atomic E-state index is 0.275. The van der Waals surface area contributed by atoms with Crippen molar-refractivity contribution in [3.63, 3.8) is 0 Å². The van der Waals surface area contributed by atoms with Crippen LogP contribution in [0.5, 0.6) is 0 Å². The van der Waals surface area contributed by atoms with Crippen molar-refractivity contribution in [3.8, 4) is 0 Å². The molecule has 1 aromatic carbocycles. The number of rotatable bonds is 9. The van der Waals surface area contributed by atoms with E-state index in [4.69, 9.17) is 9.47 Å². The molecule has 0 amide bonds. The molecule has 4 heteroatoms. The quantitative estimate of drug-likeness (QED) is 0.557. The zero-order valence-electron chi connectivity index (χ0n) is 12.6. The lowest BCUT2D eigenvalue weighted by Crippen LogP contribution is -2.53. The molecule has 1 aromatic rings. The van der Waals surface area contributed by atoms with E-state index >= 15 is 0 Å². The van der Waals surface area contributed by atoms with Gasteiger partial charge in [0.1, 0.15) is 0 Å². The lowest BCUT2D eigenvalue weighted by atomic mass is 9.90. The maximum Gasteiger partial charge on any atom is 0.333 e. The Kier molecular flexibility index (Phi) is 7.26. The Morgan fingerprint density at radius 2 is 1.90 bits per heavy atom. The molecule has 0 aromatic heterocycles. The van der Waals surface area contributed by atoms with E-state index in [1.807, 2.05) is 37.3 Å². The highest BCUT2D eigenvalue weighted by atomic mass is 16.5. The van der Waals surface area contributed by atoms with Crippen molar-refractivity contribution in [3.05, 3.63) is 35.9 Å². The number of esters is 1. The van der Waals surface area contributed by atoms with Crippen molar-refractivity contribution in [1.82, 2.24) is 5.32 Å². The van der Waals surface area contributed by atoms with Crippen LogP contribution in [0.25, 0.3) is 0 Å². The van der Waals surface area contributed by atoms with Crippen LogP contribution in [-0.4, -0.2) is 32.8 Å². The predicted octanol–water partition coefficient (Wildman–Crippen LogP) is 2.48. The average molecular weight is 279 g/mol. The van der Waals surface area contributed by atoms with Crippen LogP contribution in [0, 0.1) is 0 Å².